The molecule has 0 aromatic carbocycles. The third-order valence-corrected chi connectivity index (χ3v) is 2.41. The van der Waals surface area contributed by atoms with Gasteiger partial charge in [-0.1, -0.05) is 32.1 Å². The molecule has 0 aromatic heterocycles. The first-order valence-electron chi connectivity index (χ1n) is 5.46. The molecule has 0 aliphatic carbocycles. The van der Waals surface area contributed by atoms with Gasteiger partial charge in [-0.3, -0.25) is 9.63 Å². The standard InChI is InChI=1S/C10H19N2O2/c13-10-12-8-6-4-2-1-3-5-7-9-14-11-12/h11H,1-9H2. The highest BCUT2D eigenvalue weighted by atomic mass is 16.7. The molecular formula is C10H19N2O2. The topological polar surface area (TPSA) is 41.6 Å². The van der Waals surface area contributed by atoms with Gasteiger partial charge in [-0.2, -0.15) is 0 Å². The van der Waals surface area contributed by atoms with Crippen LogP contribution in [-0.4, -0.2) is 24.6 Å². The Bertz CT molecular complexity index is 141. The van der Waals surface area contributed by atoms with Gasteiger partial charge >= 0.3 is 6.41 Å². The summed E-state index contributed by atoms with van der Waals surface area (Å²) in [6, 6.07) is 0. The van der Waals surface area contributed by atoms with Crippen LogP contribution in [-0.2, 0) is 9.63 Å². The monoisotopic (exact) mass is 199 g/mol. The Balaban J connectivity index is 2.20. The second-order valence-corrected chi connectivity index (χ2v) is 3.66. The van der Waals surface area contributed by atoms with Gasteiger partial charge in [0.2, 0.25) is 0 Å². The molecule has 1 fully saturated rings. The van der Waals surface area contributed by atoms with Crippen molar-refractivity contribution in [1.29, 1.82) is 0 Å². The zero-order valence-electron chi connectivity index (χ0n) is 8.63. The van der Waals surface area contributed by atoms with E-state index < -0.39 is 0 Å². The average molecular weight is 199 g/mol. The molecule has 1 radical (unpaired) electrons. The summed E-state index contributed by atoms with van der Waals surface area (Å²) in [5.74, 6) is 0. The van der Waals surface area contributed by atoms with Crippen LogP contribution in [0.2, 0.25) is 0 Å². The second-order valence-electron chi connectivity index (χ2n) is 3.66. The van der Waals surface area contributed by atoms with Crippen LogP contribution in [0.25, 0.3) is 0 Å². The van der Waals surface area contributed by atoms with E-state index in [4.69, 9.17) is 4.84 Å². The summed E-state index contributed by atoms with van der Waals surface area (Å²) >= 11 is 0. The van der Waals surface area contributed by atoms with Crippen molar-refractivity contribution < 1.29 is 9.63 Å². The van der Waals surface area contributed by atoms with Crippen molar-refractivity contribution in [1.82, 2.24) is 10.6 Å². The maximum Gasteiger partial charge on any atom is 0.329 e. The largest absolute Gasteiger partial charge is 0.329 e. The van der Waals surface area contributed by atoms with Gasteiger partial charge < -0.3 is 0 Å². The smallest absolute Gasteiger partial charge is 0.282 e. The molecule has 1 heterocycles. The SMILES string of the molecule is O=[C]N1CCCCCCCCCON1. The molecule has 1 saturated heterocycles. The minimum absolute atomic E-state index is 0.665. The lowest BCUT2D eigenvalue weighted by Gasteiger charge is -2.17. The Hall–Kier alpha value is -0.610. The van der Waals surface area contributed by atoms with Crippen molar-refractivity contribution in [2.24, 2.45) is 0 Å². The van der Waals surface area contributed by atoms with Crippen molar-refractivity contribution in [2.45, 2.75) is 44.9 Å². The van der Waals surface area contributed by atoms with Crippen LogP contribution in [0, 0.1) is 0 Å². The molecule has 0 aromatic rings. The molecule has 81 valence electrons. The lowest BCUT2D eigenvalue weighted by Crippen LogP contribution is -2.37. The van der Waals surface area contributed by atoms with E-state index in [-0.39, 0.29) is 0 Å². The molecule has 0 spiro atoms. The number of hydrogen-bond acceptors (Lipinski definition) is 3. The molecule has 1 amide bonds. The van der Waals surface area contributed by atoms with Crippen LogP contribution in [0.15, 0.2) is 0 Å². The van der Waals surface area contributed by atoms with Crippen molar-refractivity contribution in [2.75, 3.05) is 13.2 Å². The van der Waals surface area contributed by atoms with E-state index in [9.17, 15) is 4.79 Å². The van der Waals surface area contributed by atoms with Gasteiger partial charge in [-0.05, 0) is 12.8 Å². The van der Waals surface area contributed by atoms with Crippen molar-refractivity contribution in [3.8, 4) is 0 Å². The quantitative estimate of drug-likeness (QED) is 0.696. The number of hydrazine groups is 1. The summed E-state index contributed by atoms with van der Waals surface area (Å²) in [7, 11) is 0. The highest BCUT2D eigenvalue weighted by Gasteiger charge is 2.03. The van der Waals surface area contributed by atoms with Gasteiger partial charge in [0, 0.05) is 6.54 Å². The summed E-state index contributed by atoms with van der Waals surface area (Å²) in [5, 5.41) is 1.35. The van der Waals surface area contributed by atoms with Gasteiger partial charge in [0.05, 0.1) is 6.61 Å². The number of rotatable bonds is 1. The van der Waals surface area contributed by atoms with Crippen LogP contribution >= 0.6 is 0 Å². The van der Waals surface area contributed by atoms with Crippen molar-refractivity contribution in [3.63, 3.8) is 0 Å². The highest BCUT2D eigenvalue weighted by molar-refractivity contribution is 5.46. The summed E-state index contributed by atoms with van der Waals surface area (Å²) in [5.41, 5.74) is 2.60. The molecule has 0 atom stereocenters. The molecule has 1 rings (SSSR count). The van der Waals surface area contributed by atoms with E-state index in [2.05, 4.69) is 5.59 Å². The Morgan fingerprint density at radius 2 is 1.64 bits per heavy atom. The van der Waals surface area contributed by atoms with Crippen LogP contribution in [0.3, 0.4) is 0 Å². The van der Waals surface area contributed by atoms with Crippen LogP contribution in [0.1, 0.15) is 44.9 Å². The van der Waals surface area contributed by atoms with Crippen LogP contribution in [0.4, 0.5) is 0 Å². The third-order valence-electron chi connectivity index (χ3n) is 2.41. The maximum atomic E-state index is 10.4. The highest BCUT2D eigenvalue weighted by Crippen LogP contribution is 2.08. The Morgan fingerprint density at radius 1 is 1.00 bits per heavy atom. The van der Waals surface area contributed by atoms with E-state index in [1.54, 1.807) is 6.41 Å². The lowest BCUT2D eigenvalue weighted by molar-refractivity contribution is -0.0521. The number of amides is 1. The Kier molecular flexibility index (Phi) is 6.36. The van der Waals surface area contributed by atoms with E-state index in [1.165, 1.54) is 37.1 Å². The average Bonchev–Trinajstić information content (AvgIpc) is 2.19. The lowest BCUT2D eigenvalue weighted by atomic mass is 10.1. The molecule has 14 heavy (non-hydrogen) atoms. The first kappa shape index (κ1) is 11.5. The van der Waals surface area contributed by atoms with Crippen LogP contribution < -0.4 is 5.59 Å². The van der Waals surface area contributed by atoms with Gasteiger partial charge in [0.25, 0.3) is 0 Å². The normalized spacial score (nSPS) is 22.1. The molecule has 1 aliphatic rings. The summed E-state index contributed by atoms with van der Waals surface area (Å²) in [6.07, 6.45) is 10.1. The van der Waals surface area contributed by atoms with Gasteiger partial charge in [-0.15, -0.1) is 5.59 Å². The van der Waals surface area contributed by atoms with Gasteiger partial charge in [-0.25, -0.2) is 5.01 Å². The second kappa shape index (κ2) is 7.76. The van der Waals surface area contributed by atoms with E-state index in [0.29, 0.717) is 13.2 Å². The molecule has 1 N–H and O–H groups in total. The first-order chi connectivity index (χ1) is 6.93. The molecule has 0 bridgehead atoms. The molecule has 0 unspecified atom stereocenters. The summed E-state index contributed by atoms with van der Waals surface area (Å²) < 4.78 is 0. The minimum atomic E-state index is 0.665. The Labute approximate surface area is 85.5 Å². The molecular weight excluding hydrogens is 180 g/mol. The minimum Gasteiger partial charge on any atom is -0.282 e. The number of nitrogens with zero attached hydrogens (tertiary/aromatic N) is 1. The first-order valence-corrected chi connectivity index (χ1v) is 5.46. The number of hydrogen-bond donors (Lipinski definition) is 1. The van der Waals surface area contributed by atoms with Gasteiger partial charge in [0.15, 0.2) is 0 Å². The van der Waals surface area contributed by atoms with Gasteiger partial charge in [0.1, 0.15) is 0 Å². The number of nitrogens with one attached hydrogen (secondary N) is 1. The predicted octanol–water partition coefficient (Wildman–Crippen LogP) is 1.54. The van der Waals surface area contributed by atoms with E-state index in [1.807, 2.05) is 0 Å². The molecule has 0 saturated carbocycles. The van der Waals surface area contributed by atoms with E-state index in [0.717, 1.165) is 12.8 Å². The fraction of sp³-hybridized carbons (Fsp3) is 0.900. The van der Waals surface area contributed by atoms with Crippen molar-refractivity contribution >= 4 is 6.41 Å². The predicted molar refractivity (Wildman–Crippen MR) is 53.8 cm³/mol. The Morgan fingerprint density at radius 3 is 2.36 bits per heavy atom. The zero-order valence-corrected chi connectivity index (χ0v) is 8.63. The van der Waals surface area contributed by atoms with Crippen LogP contribution in [0.5, 0.6) is 0 Å². The molecule has 1 aliphatic heterocycles. The van der Waals surface area contributed by atoms with E-state index >= 15 is 0 Å². The van der Waals surface area contributed by atoms with Crippen molar-refractivity contribution in [3.05, 3.63) is 0 Å². The maximum absolute atomic E-state index is 10.4. The fourth-order valence-electron chi connectivity index (χ4n) is 1.56. The summed E-state index contributed by atoms with van der Waals surface area (Å²) in [6.45, 7) is 1.35. The third kappa shape index (κ3) is 5.19. The molecule has 4 nitrogen and oxygen atoms in total. The summed E-state index contributed by atoms with van der Waals surface area (Å²) in [4.78, 5) is 15.6. The molecule has 4 heteroatoms. The fourth-order valence-corrected chi connectivity index (χ4v) is 1.56. The number of carbonyl (C=O) groups excluding carboxylic acids is 1. The zero-order chi connectivity index (χ0) is 10.1.